The lowest BCUT2D eigenvalue weighted by Gasteiger charge is -2.03. The van der Waals surface area contributed by atoms with Gasteiger partial charge in [-0.15, -0.1) is 5.10 Å². The zero-order valence-corrected chi connectivity index (χ0v) is 15.2. The number of amides is 1. The molecule has 1 aliphatic rings. The smallest absolute Gasteiger partial charge is 0.293 e. The van der Waals surface area contributed by atoms with Gasteiger partial charge in [0, 0.05) is 11.1 Å². The minimum absolute atomic E-state index is 0.0457. The number of hydrogen-bond donors (Lipinski definition) is 2. The number of nitrogens with zero attached hydrogens (tertiary/aromatic N) is 6. The van der Waals surface area contributed by atoms with E-state index in [1.165, 1.54) is 4.68 Å². The van der Waals surface area contributed by atoms with Gasteiger partial charge in [0.15, 0.2) is 5.69 Å². The van der Waals surface area contributed by atoms with Crippen LogP contribution in [0.1, 0.15) is 27.3 Å². The quantitative estimate of drug-likeness (QED) is 0.450. The summed E-state index contributed by atoms with van der Waals surface area (Å²) in [4.78, 5) is 12.7. The Morgan fingerprint density at radius 3 is 2.24 bits per heavy atom. The molecular weight excluding hydrogens is 372 g/mol. The van der Waals surface area contributed by atoms with Crippen molar-refractivity contribution in [3.63, 3.8) is 0 Å². The van der Waals surface area contributed by atoms with Gasteiger partial charge in [-0.05, 0) is 28.4 Å². The maximum absolute atomic E-state index is 12.7. The third-order valence-corrected chi connectivity index (χ3v) is 4.73. The van der Waals surface area contributed by atoms with Crippen molar-refractivity contribution in [1.29, 1.82) is 0 Å². The maximum Gasteiger partial charge on any atom is 0.293 e. The molecule has 0 unspecified atom stereocenters. The van der Waals surface area contributed by atoms with Crippen molar-refractivity contribution in [1.82, 2.24) is 30.7 Å². The Hall–Kier alpha value is -4.34. The highest BCUT2D eigenvalue weighted by molar-refractivity contribution is 6.24. The summed E-state index contributed by atoms with van der Waals surface area (Å²) < 4.78 is 5.86. The molecule has 0 saturated heterocycles. The number of benzene rings is 2. The number of carbonyl (C=O) groups excluding carboxylic acids is 1. The van der Waals surface area contributed by atoms with Crippen LogP contribution in [0, 0.1) is 6.92 Å². The fourth-order valence-electron chi connectivity index (χ4n) is 3.35. The number of rotatable bonds is 3. The summed E-state index contributed by atoms with van der Waals surface area (Å²) in [7, 11) is 0. The van der Waals surface area contributed by atoms with Crippen molar-refractivity contribution in [2.45, 2.75) is 6.92 Å². The summed E-state index contributed by atoms with van der Waals surface area (Å²) >= 11 is 0. The van der Waals surface area contributed by atoms with E-state index < -0.39 is 5.91 Å². The number of anilines is 1. The van der Waals surface area contributed by atoms with Gasteiger partial charge >= 0.3 is 0 Å². The number of nitrogens with two attached hydrogens (primary N) is 1. The molecule has 4 aromatic rings. The van der Waals surface area contributed by atoms with Crippen molar-refractivity contribution in [2.24, 2.45) is 5.10 Å². The van der Waals surface area contributed by atoms with E-state index >= 15 is 0 Å². The number of nitrogens with one attached hydrogen (secondary N) is 1. The maximum atomic E-state index is 12.7. The first kappa shape index (κ1) is 16.8. The van der Waals surface area contributed by atoms with E-state index in [4.69, 9.17) is 5.73 Å². The standard InChI is InChI=1S/C19H14N8O2/c1-10-15(22-26-27(10)18-17(20)24-29-25-18)19(28)23-21-16-13-8-4-2-6-11(13)12-7-3-5-9-14(12)16/h2-9H,1H3,(H2,20,24)(H,23,28). The van der Waals surface area contributed by atoms with Crippen LogP contribution in [-0.4, -0.2) is 36.9 Å². The monoisotopic (exact) mass is 386 g/mol. The molecular formula is C19H14N8O2. The first-order chi connectivity index (χ1) is 14.1. The lowest BCUT2D eigenvalue weighted by molar-refractivity contribution is 0.0949. The highest BCUT2D eigenvalue weighted by Crippen LogP contribution is 2.36. The largest absolute Gasteiger partial charge is 0.378 e. The number of hydrogen-bond acceptors (Lipinski definition) is 8. The zero-order chi connectivity index (χ0) is 20.0. The van der Waals surface area contributed by atoms with Gasteiger partial charge in [-0.3, -0.25) is 4.79 Å². The first-order valence-corrected chi connectivity index (χ1v) is 8.73. The summed E-state index contributed by atoms with van der Waals surface area (Å²) in [6.45, 7) is 1.66. The Morgan fingerprint density at radius 2 is 1.66 bits per heavy atom. The number of carbonyl (C=O) groups is 1. The van der Waals surface area contributed by atoms with Crippen LogP contribution in [-0.2, 0) is 0 Å². The third-order valence-electron chi connectivity index (χ3n) is 4.73. The molecule has 142 valence electrons. The van der Waals surface area contributed by atoms with E-state index in [2.05, 4.69) is 35.8 Å². The minimum atomic E-state index is -0.502. The molecule has 5 rings (SSSR count). The summed E-state index contributed by atoms with van der Waals surface area (Å²) in [6, 6.07) is 15.8. The molecule has 1 aliphatic carbocycles. The van der Waals surface area contributed by atoms with Crippen LogP contribution in [0.5, 0.6) is 0 Å². The average molecular weight is 386 g/mol. The van der Waals surface area contributed by atoms with Gasteiger partial charge < -0.3 is 5.73 Å². The third kappa shape index (κ3) is 2.57. The van der Waals surface area contributed by atoms with Crippen LogP contribution in [0.2, 0.25) is 0 Å². The van der Waals surface area contributed by atoms with Crippen molar-refractivity contribution < 1.29 is 9.42 Å². The molecule has 29 heavy (non-hydrogen) atoms. The molecule has 0 aliphatic heterocycles. The zero-order valence-electron chi connectivity index (χ0n) is 15.2. The number of aromatic nitrogens is 5. The van der Waals surface area contributed by atoms with Crippen LogP contribution < -0.4 is 11.2 Å². The fourth-order valence-corrected chi connectivity index (χ4v) is 3.35. The van der Waals surface area contributed by atoms with E-state index in [-0.39, 0.29) is 17.3 Å². The Morgan fingerprint density at radius 1 is 1.03 bits per heavy atom. The molecule has 1 amide bonds. The van der Waals surface area contributed by atoms with Crippen LogP contribution >= 0.6 is 0 Å². The van der Waals surface area contributed by atoms with Crippen LogP contribution in [0.25, 0.3) is 16.9 Å². The predicted octanol–water partition coefficient (Wildman–Crippen LogP) is 1.70. The Balaban J connectivity index is 1.48. The molecule has 3 N–H and O–H groups in total. The number of fused-ring (bicyclic) bond motifs is 3. The average Bonchev–Trinajstić information content (AvgIpc) is 3.42. The predicted molar refractivity (Wildman–Crippen MR) is 103 cm³/mol. The summed E-state index contributed by atoms with van der Waals surface area (Å²) in [5.41, 5.74) is 13.5. The lowest BCUT2D eigenvalue weighted by Crippen LogP contribution is -2.21. The van der Waals surface area contributed by atoms with Crippen LogP contribution in [0.15, 0.2) is 58.3 Å². The van der Waals surface area contributed by atoms with Gasteiger partial charge in [-0.2, -0.15) is 9.78 Å². The van der Waals surface area contributed by atoms with Gasteiger partial charge in [-0.25, -0.2) is 10.1 Å². The molecule has 2 heterocycles. The SMILES string of the molecule is Cc1c(C(=O)NN=C2c3ccccc3-c3ccccc32)nnn1-c1nonc1N. The molecule has 10 heteroatoms. The molecule has 2 aromatic carbocycles. The van der Waals surface area contributed by atoms with Gasteiger partial charge in [0.25, 0.3) is 5.91 Å². The van der Waals surface area contributed by atoms with E-state index in [1.807, 2.05) is 48.5 Å². The normalized spacial score (nSPS) is 11.8. The Kier molecular flexibility index (Phi) is 3.69. The van der Waals surface area contributed by atoms with E-state index in [1.54, 1.807) is 6.92 Å². The summed E-state index contributed by atoms with van der Waals surface area (Å²) in [5, 5.41) is 19.4. The number of hydrazone groups is 1. The summed E-state index contributed by atoms with van der Waals surface area (Å²) in [5.74, 6) is -0.290. The fraction of sp³-hybridized carbons (Fsp3) is 0.0526. The first-order valence-electron chi connectivity index (χ1n) is 8.73. The van der Waals surface area contributed by atoms with Crippen molar-refractivity contribution >= 4 is 17.4 Å². The second-order valence-electron chi connectivity index (χ2n) is 6.40. The number of nitrogen functional groups attached to an aromatic ring is 1. The van der Waals surface area contributed by atoms with E-state index in [0.29, 0.717) is 11.4 Å². The van der Waals surface area contributed by atoms with Gasteiger partial charge in [0.2, 0.25) is 11.6 Å². The molecule has 0 radical (unpaired) electrons. The molecule has 0 saturated carbocycles. The van der Waals surface area contributed by atoms with E-state index in [0.717, 1.165) is 22.3 Å². The molecule has 0 atom stereocenters. The summed E-state index contributed by atoms with van der Waals surface area (Å²) in [6.07, 6.45) is 0. The molecule has 0 spiro atoms. The highest BCUT2D eigenvalue weighted by atomic mass is 16.6. The van der Waals surface area contributed by atoms with Crippen molar-refractivity contribution in [3.8, 4) is 16.9 Å². The molecule has 2 aromatic heterocycles. The molecule has 0 bridgehead atoms. The highest BCUT2D eigenvalue weighted by Gasteiger charge is 2.25. The minimum Gasteiger partial charge on any atom is -0.378 e. The van der Waals surface area contributed by atoms with Crippen LogP contribution in [0.4, 0.5) is 5.82 Å². The topological polar surface area (TPSA) is 137 Å². The Labute approximate surface area is 164 Å². The molecule has 10 nitrogen and oxygen atoms in total. The van der Waals surface area contributed by atoms with Gasteiger partial charge in [0.05, 0.1) is 11.4 Å². The molecule has 0 fully saturated rings. The Bertz CT molecular complexity index is 1240. The van der Waals surface area contributed by atoms with Gasteiger partial charge in [-0.1, -0.05) is 53.7 Å². The van der Waals surface area contributed by atoms with E-state index in [9.17, 15) is 4.79 Å². The van der Waals surface area contributed by atoms with Crippen LogP contribution in [0.3, 0.4) is 0 Å². The van der Waals surface area contributed by atoms with Crippen molar-refractivity contribution in [2.75, 3.05) is 5.73 Å². The van der Waals surface area contributed by atoms with Gasteiger partial charge in [0.1, 0.15) is 0 Å². The lowest BCUT2D eigenvalue weighted by atomic mass is 10.1. The van der Waals surface area contributed by atoms with Crippen molar-refractivity contribution in [3.05, 3.63) is 71.0 Å². The second kappa shape index (κ2) is 6.37. The second-order valence-corrected chi connectivity index (χ2v) is 6.40.